The molecule has 0 aliphatic carbocycles. The largest absolute Gasteiger partial charge is 0.497 e. The Hall–Kier alpha value is -4.03. The number of carbonyl (C=O) groups excluding carboxylic acids is 1. The molecule has 0 atom stereocenters. The van der Waals surface area contributed by atoms with Gasteiger partial charge in [-0.1, -0.05) is 36.4 Å². The molecule has 6 nitrogen and oxygen atoms in total. The van der Waals surface area contributed by atoms with E-state index in [2.05, 4.69) is 52.2 Å². The van der Waals surface area contributed by atoms with Crippen molar-refractivity contribution in [3.63, 3.8) is 0 Å². The summed E-state index contributed by atoms with van der Waals surface area (Å²) in [5.41, 5.74) is 2.22. The molecule has 1 amide bonds. The van der Waals surface area contributed by atoms with Crippen molar-refractivity contribution in [2.75, 3.05) is 19.5 Å². The first-order valence-corrected chi connectivity index (χ1v) is 12.1. The van der Waals surface area contributed by atoms with Crippen molar-refractivity contribution >= 4 is 51.0 Å². The van der Waals surface area contributed by atoms with Crippen molar-refractivity contribution in [3.05, 3.63) is 99.1 Å². The number of amides is 1. The van der Waals surface area contributed by atoms with Gasteiger partial charge in [0.05, 0.1) is 17.8 Å². The average molecular weight is 590 g/mol. The number of ether oxygens (including phenoxy) is 3. The van der Waals surface area contributed by atoms with E-state index in [0.29, 0.717) is 35.1 Å². The molecule has 0 radical (unpaired) electrons. The Morgan fingerprint density at radius 2 is 1.72 bits per heavy atom. The molecular weight excluding hydrogens is 567 g/mol. The second kappa shape index (κ2) is 11.6. The van der Waals surface area contributed by atoms with Crippen molar-refractivity contribution in [2.45, 2.75) is 6.61 Å². The first kappa shape index (κ1) is 25.1. The average Bonchev–Trinajstić information content (AvgIpc) is 2.91. The Bertz CT molecular complexity index is 1470. The second-order valence-corrected chi connectivity index (χ2v) is 9.02. The Labute approximate surface area is 223 Å². The maximum Gasteiger partial charge on any atom is 0.266 e. The van der Waals surface area contributed by atoms with E-state index in [0.717, 1.165) is 14.5 Å². The molecule has 0 unspecified atom stereocenters. The maximum absolute atomic E-state index is 12.7. The van der Waals surface area contributed by atoms with Gasteiger partial charge < -0.3 is 19.5 Å². The summed E-state index contributed by atoms with van der Waals surface area (Å²) in [5, 5.41) is 14.6. The SMILES string of the molecule is COc1ccc(NC(=O)/C(C#N)=C\c2cc(I)c(OCc3ccc4ccccc4c3)c(OC)c2)cc1. The van der Waals surface area contributed by atoms with Gasteiger partial charge in [-0.05, 0) is 93.0 Å². The molecule has 7 heteroatoms. The van der Waals surface area contributed by atoms with Gasteiger partial charge in [0.15, 0.2) is 11.5 Å². The summed E-state index contributed by atoms with van der Waals surface area (Å²) in [6.07, 6.45) is 1.52. The molecule has 4 aromatic rings. The van der Waals surface area contributed by atoms with Crippen LogP contribution in [0.4, 0.5) is 5.69 Å². The molecule has 4 aromatic carbocycles. The molecule has 36 heavy (non-hydrogen) atoms. The number of carbonyl (C=O) groups is 1. The summed E-state index contributed by atoms with van der Waals surface area (Å²) >= 11 is 2.16. The smallest absolute Gasteiger partial charge is 0.266 e. The standard InChI is InChI=1S/C29H23IN2O4/c1-34-25-11-9-24(10-12-25)32-29(33)23(17-31)14-20-15-26(30)28(27(16-20)35-2)36-18-19-7-8-21-5-3-4-6-22(21)13-19/h3-16H,18H2,1-2H3,(H,32,33)/b23-14-. The third-order valence-corrected chi connectivity index (χ3v) is 6.27. The van der Waals surface area contributed by atoms with Gasteiger partial charge in [-0.2, -0.15) is 5.26 Å². The highest BCUT2D eigenvalue weighted by molar-refractivity contribution is 14.1. The van der Waals surface area contributed by atoms with Crippen LogP contribution in [0.5, 0.6) is 17.2 Å². The van der Waals surface area contributed by atoms with Crippen LogP contribution in [0.25, 0.3) is 16.8 Å². The van der Waals surface area contributed by atoms with E-state index in [1.165, 1.54) is 11.5 Å². The van der Waals surface area contributed by atoms with Crippen LogP contribution in [0.15, 0.2) is 84.4 Å². The number of nitrogens with zero attached hydrogens (tertiary/aromatic N) is 1. The highest BCUT2D eigenvalue weighted by Crippen LogP contribution is 2.35. The molecule has 0 aliphatic rings. The molecule has 0 saturated carbocycles. The summed E-state index contributed by atoms with van der Waals surface area (Å²) < 4.78 is 17.6. The molecule has 0 spiro atoms. The van der Waals surface area contributed by atoms with E-state index in [1.54, 1.807) is 44.6 Å². The maximum atomic E-state index is 12.7. The number of benzene rings is 4. The van der Waals surface area contributed by atoms with Gasteiger partial charge in [-0.3, -0.25) is 4.79 Å². The number of methoxy groups -OCH3 is 2. The van der Waals surface area contributed by atoms with E-state index in [4.69, 9.17) is 14.2 Å². The number of hydrogen-bond acceptors (Lipinski definition) is 5. The molecule has 0 bridgehead atoms. The Kier molecular flexibility index (Phi) is 8.08. The Balaban J connectivity index is 1.52. The van der Waals surface area contributed by atoms with Crippen LogP contribution < -0.4 is 19.5 Å². The van der Waals surface area contributed by atoms with Crippen LogP contribution in [0.1, 0.15) is 11.1 Å². The lowest BCUT2D eigenvalue weighted by molar-refractivity contribution is -0.112. The van der Waals surface area contributed by atoms with E-state index >= 15 is 0 Å². The summed E-state index contributed by atoms with van der Waals surface area (Å²) in [6, 6.07) is 26.8. The zero-order valence-electron chi connectivity index (χ0n) is 19.7. The Morgan fingerprint density at radius 1 is 0.972 bits per heavy atom. The predicted molar refractivity (Wildman–Crippen MR) is 149 cm³/mol. The Morgan fingerprint density at radius 3 is 2.42 bits per heavy atom. The molecule has 0 saturated heterocycles. The minimum atomic E-state index is -0.506. The van der Waals surface area contributed by atoms with Crippen LogP contribution in [-0.4, -0.2) is 20.1 Å². The zero-order chi connectivity index (χ0) is 25.5. The summed E-state index contributed by atoms with van der Waals surface area (Å²) in [7, 11) is 3.13. The molecular formula is C29H23IN2O4. The fourth-order valence-corrected chi connectivity index (χ4v) is 4.42. The molecule has 0 heterocycles. The molecule has 0 fully saturated rings. The van der Waals surface area contributed by atoms with Gasteiger partial charge >= 0.3 is 0 Å². The minimum Gasteiger partial charge on any atom is -0.497 e. The van der Waals surface area contributed by atoms with Crippen molar-refractivity contribution in [2.24, 2.45) is 0 Å². The van der Waals surface area contributed by atoms with Crippen LogP contribution in [0, 0.1) is 14.9 Å². The van der Waals surface area contributed by atoms with Crippen molar-refractivity contribution in [1.29, 1.82) is 5.26 Å². The van der Waals surface area contributed by atoms with E-state index in [-0.39, 0.29) is 5.57 Å². The monoisotopic (exact) mass is 590 g/mol. The third-order valence-electron chi connectivity index (χ3n) is 5.47. The van der Waals surface area contributed by atoms with Crippen molar-refractivity contribution < 1.29 is 19.0 Å². The fraction of sp³-hybridized carbons (Fsp3) is 0.103. The lowest BCUT2D eigenvalue weighted by Gasteiger charge is -2.14. The first-order chi connectivity index (χ1) is 17.5. The normalized spacial score (nSPS) is 11.0. The van der Waals surface area contributed by atoms with Gasteiger partial charge in [-0.15, -0.1) is 0 Å². The highest BCUT2D eigenvalue weighted by atomic mass is 127. The number of fused-ring (bicyclic) bond motifs is 1. The second-order valence-electron chi connectivity index (χ2n) is 7.86. The number of rotatable bonds is 8. The van der Waals surface area contributed by atoms with Crippen LogP contribution >= 0.6 is 22.6 Å². The van der Waals surface area contributed by atoms with Crippen LogP contribution in [0.3, 0.4) is 0 Å². The van der Waals surface area contributed by atoms with Gasteiger partial charge in [0.25, 0.3) is 5.91 Å². The number of hydrogen-bond donors (Lipinski definition) is 1. The van der Waals surface area contributed by atoms with Gasteiger partial charge in [0.2, 0.25) is 0 Å². The number of nitriles is 1. The number of halogens is 1. The minimum absolute atomic E-state index is 0.0338. The lowest BCUT2D eigenvalue weighted by atomic mass is 10.1. The number of anilines is 1. The summed E-state index contributed by atoms with van der Waals surface area (Å²) in [6.45, 7) is 0.375. The van der Waals surface area contributed by atoms with Gasteiger partial charge in [-0.25, -0.2) is 0 Å². The highest BCUT2D eigenvalue weighted by Gasteiger charge is 2.14. The molecule has 0 aliphatic heterocycles. The van der Waals surface area contributed by atoms with Crippen LogP contribution in [0.2, 0.25) is 0 Å². The molecule has 1 N–H and O–H groups in total. The van der Waals surface area contributed by atoms with E-state index < -0.39 is 5.91 Å². The molecule has 180 valence electrons. The van der Waals surface area contributed by atoms with Crippen molar-refractivity contribution in [3.8, 4) is 23.3 Å². The van der Waals surface area contributed by atoms with E-state index in [1.807, 2.05) is 30.3 Å². The van der Waals surface area contributed by atoms with E-state index in [9.17, 15) is 10.1 Å². The fourth-order valence-electron chi connectivity index (χ4n) is 3.64. The summed E-state index contributed by atoms with van der Waals surface area (Å²) in [5.74, 6) is 1.29. The number of nitrogens with one attached hydrogen (secondary N) is 1. The topological polar surface area (TPSA) is 80.6 Å². The predicted octanol–water partition coefficient (Wildman–Crippen LogP) is 6.59. The quantitative estimate of drug-likeness (QED) is 0.142. The third kappa shape index (κ3) is 5.96. The lowest BCUT2D eigenvalue weighted by Crippen LogP contribution is -2.13. The van der Waals surface area contributed by atoms with Gasteiger partial charge in [0, 0.05) is 5.69 Å². The van der Waals surface area contributed by atoms with Crippen molar-refractivity contribution in [1.82, 2.24) is 0 Å². The molecule has 4 rings (SSSR count). The first-order valence-electron chi connectivity index (χ1n) is 11.1. The van der Waals surface area contributed by atoms with Crippen LogP contribution in [-0.2, 0) is 11.4 Å². The summed E-state index contributed by atoms with van der Waals surface area (Å²) in [4.78, 5) is 12.7. The van der Waals surface area contributed by atoms with Gasteiger partial charge in [0.1, 0.15) is 24.0 Å². The zero-order valence-corrected chi connectivity index (χ0v) is 21.9. The molecule has 0 aromatic heterocycles.